The first-order valence-corrected chi connectivity index (χ1v) is 8.06. The van der Waals surface area contributed by atoms with Crippen molar-refractivity contribution >= 4 is 22.3 Å². The van der Waals surface area contributed by atoms with Crippen LogP contribution in [0, 0.1) is 0 Å². The number of carbonyl (C=O) groups is 1. The van der Waals surface area contributed by atoms with Gasteiger partial charge in [-0.25, -0.2) is 4.79 Å². The molecule has 3 nitrogen and oxygen atoms in total. The Morgan fingerprint density at radius 2 is 1.89 bits per heavy atom. The number of rotatable bonds is 9. The Morgan fingerprint density at radius 1 is 1.21 bits per heavy atom. The summed E-state index contributed by atoms with van der Waals surface area (Å²) in [7, 11) is 0. The van der Waals surface area contributed by atoms with Crippen LogP contribution in [0.25, 0.3) is 0 Å². The number of nitrogens with two attached hydrogens (primary N) is 1. The molecule has 0 saturated carbocycles. The number of carbonyl (C=O) groups excluding carboxylic acids is 1. The first-order valence-electron chi connectivity index (χ1n) is 7.24. The largest absolute Gasteiger partial charge is 0.462 e. The maximum atomic E-state index is 11.6. The predicted octanol–water partition coefficient (Wildman–Crippen LogP) is 4.41. The van der Waals surface area contributed by atoms with Gasteiger partial charge in [-0.2, -0.15) is 0 Å². The van der Waals surface area contributed by atoms with Crippen LogP contribution in [0.5, 0.6) is 0 Å². The first-order chi connectivity index (χ1) is 9.19. The predicted molar refractivity (Wildman–Crippen MR) is 81.8 cm³/mol. The van der Waals surface area contributed by atoms with E-state index in [1.807, 2.05) is 6.07 Å². The van der Waals surface area contributed by atoms with Crippen molar-refractivity contribution in [3.63, 3.8) is 0 Å². The summed E-state index contributed by atoms with van der Waals surface area (Å²) in [6, 6.07) is 1.89. The van der Waals surface area contributed by atoms with E-state index in [9.17, 15) is 4.79 Å². The van der Waals surface area contributed by atoms with Crippen molar-refractivity contribution in [3.05, 3.63) is 16.5 Å². The molecule has 0 amide bonds. The van der Waals surface area contributed by atoms with Crippen LogP contribution in [0.2, 0.25) is 0 Å². The molecule has 0 aliphatic rings. The monoisotopic (exact) mass is 283 g/mol. The van der Waals surface area contributed by atoms with E-state index in [4.69, 9.17) is 10.5 Å². The van der Waals surface area contributed by atoms with Gasteiger partial charge in [-0.05, 0) is 25.8 Å². The van der Waals surface area contributed by atoms with Gasteiger partial charge in [0.05, 0.1) is 12.2 Å². The van der Waals surface area contributed by atoms with Gasteiger partial charge in [-0.3, -0.25) is 0 Å². The minimum Gasteiger partial charge on any atom is -0.462 e. The molecule has 1 aromatic heterocycles. The van der Waals surface area contributed by atoms with Crippen molar-refractivity contribution in [1.29, 1.82) is 0 Å². The van der Waals surface area contributed by atoms with E-state index in [1.54, 1.807) is 6.92 Å². The van der Waals surface area contributed by atoms with E-state index >= 15 is 0 Å². The highest BCUT2D eigenvalue weighted by Crippen LogP contribution is 2.27. The summed E-state index contributed by atoms with van der Waals surface area (Å²) in [6.07, 6.45) is 8.69. The van der Waals surface area contributed by atoms with Crippen LogP contribution in [0.4, 0.5) is 5.00 Å². The summed E-state index contributed by atoms with van der Waals surface area (Å²) in [6.45, 7) is 4.42. The van der Waals surface area contributed by atoms with Gasteiger partial charge in [0.15, 0.2) is 0 Å². The Morgan fingerprint density at radius 3 is 2.58 bits per heavy atom. The lowest BCUT2D eigenvalue weighted by Gasteiger charge is -1.99. The molecular formula is C15H25NO2S. The summed E-state index contributed by atoms with van der Waals surface area (Å²) in [4.78, 5) is 12.8. The number of hydrogen-bond acceptors (Lipinski definition) is 4. The normalized spacial score (nSPS) is 10.6. The first kappa shape index (κ1) is 16.0. The number of nitrogen functional groups attached to an aromatic ring is 1. The average Bonchev–Trinajstić information content (AvgIpc) is 2.75. The Kier molecular flexibility index (Phi) is 7.56. The highest BCUT2D eigenvalue weighted by molar-refractivity contribution is 7.16. The van der Waals surface area contributed by atoms with Gasteiger partial charge < -0.3 is 10.5 Å². The van der Waals surface area contributed by atoms with Crippen LogP contribution in [0.3, 0.4) is 0 Å². The third-order valence-corrected chi connectivity index (χ3v) is 4.11. The second-order valence-corrected chi connectivity index (χ2v) is 5.90. The Bertz CT molecular complexity index is 387. The summed E-state index contributed by atoms with van der Waals surface area (Å²) in [5, 5.41) is 0.583. The van der Waals surface area contributed by atoms with Gasteiger partial charge in [0.25, 0.3) is 0 Å². The molecule has 0 aliphatic carbocycles. The van der Waals surface area contributed by atoms with Crippen molar-refractivity contribution in [3.8, 4) is 0 Å². The molecule has 0 bridgehead atoms. The van der Waals surface area contributed by atoms with Gasteiger partial charge in [0, 0.05) is 4.88 Å². The summed E-state index contributed by atoms with van der Waals surface area (Å²) < 4.78 is 4.98. The lowest BCUT2D eigenvalue weighted by molar-refractivity contribution is 0.0528. The lowest BCUT2D eigenvalue weighted by atomic mass is 10.1. The maximum absolute atomic E-state index is 11.6. The number of aryl methyl sites for hydroxylation is 1. The van der Waals surface area contributed by atoms with Gasteiger partial charge in [0.2, 0.25) is 0 Å². The van der Waals surface area contributed by atoms with Crippen molar-refractivity contribution in [2.45, 2.75) is 58.8 Å². The van der Waals surface area contributed by atoms with E-state index in [2.05, 4.69) is 6.92 Å². The van der Waals surface area contributed by atoms with Crippen molar-refractivity contribution in [2.24, 2.45) is 0 Å². The van der Waals surface area contributed by atoms with E-state index in [-0.39, 0.29) is 5.97 Å². The zero-order valence-electron chi connectivity index (χ0n) is 12.0. The molecule has 1 rings (SSSR count). The van der Waals surface area contributed by atoms with E-state index in [0.717, 1.165) is 6.42 Å². The Labute approximate surface area is 120 Å². The highest BCUT2D eigenvalue weighted by atomic mass is 32.1. The summed E-state index contributed by atoms with van der Waals surface area (Å²) in [5.41, 5.74) is 6.40. The number of unbranched alkanes of at least 4 members (excludes halogenated alkanes) is 5. The molecule has 0 saturated heterocycles. The molecule has 2 N–H and O–H groups in total. The molecule has 4 heteroatoms. The van der Waals surface area contributed by atoms with Crippen LogP contribution in [-0.4, -0.2) is 12.6 Å². The molecule has 0 unspecified atom stereocenters. The molecule has 0 radical (unpaired) electrons. The maximum Gasteiger partial charge on any atom is 0.341 e. The molecule has 0 atom stereocenters. The molecule has 0 aliphatic heterocycles. The Hall–Kier alpha value is -1.03. The molecule has 0 aromatic carbocycles. The van der Waals surface area contributed by atoms with Crippen LogP contribution >= 0.6 is 11.3 Å². The SMILES string of the molecule is CCCCCCCCc1cc(C(=O)OCC)c(N)s1. The van der Waals surface area contributed by atoms with Gasteiger partial charge >= 0.3 is 5.97 Å². The number of esters is 1. The number of ether oxygens (including phenoxy) is 1. The van der Waals surface area contributed by atoms with Gasteiger partial charge in [0.1, 0.15) is 5.00 Å². The van der Waals surface area contributed by atoms with Gasteiger partial charge in [-0.1, -0.05) is 39.0 Å². The van der Waals surface area contributed by atoms with Crippen molar-refractivity contribution in [2.75, 3.05) is 12.3 Å². The standard InChI is InChI=1S/C15H25NO2S/c1-3-5-6-7-8-9-10-12-11-13(14(16)19-12)15(17)18-4-2/h11H,3-10,16H2,1-2H3. The molecule has 0 spiro atoms. The molecule has 108 valence electrons. The fourth-order valence-corrected chi connectivity index (χ4v) is 2.99. The van der Waals surface area contributed by atoms with Crippen LogP contribution < -0.4 is 5.73 Å². The zero-order chi connectivity index (χ0) is 14.1. The average molecular weight is 283 g/mol. The van der Waals surface area contributed by atoms with E-state index in [0.29, 0.717) is 17.2 Å². The van der Waals surface area contributed by atoms with Crippen molar-refractivity contribution in [1.82, 2.24) is 0 Å². The van der Waals surface area contributed by atoms with E-state index < -0.39 is 0 Å². The fourth-order valence-electron chi connectivity index (χ4n) is 2.03. The van der Waals surface area contributed by atoms with Crippen LogP contribution in [0.1, 0.15) is 67.6 Å². The molecule has 19 heavy (non-hydrogen) atoms. The van der Waals surface area contributed by atoms with E-state index in [1.165, 1.54) is 54.7 Å². The van der Waals surface area contributed by atoms with Crippen molar-refractivity contribution < 1.29 is 9.53 Å². The van der Waals surface area contributed by atoms with Gasteiger partial charge in [-0.15, -0.1) is 11.3 Å². The number of hydrogen-bond donors (Lipinski definition) is 1. The lowest BCUT2D eigenvalue weighted by Crippen LogP contribution is -2.05. The smallest absolute Gasteiger partial charge is 0.341 e. The molecule has 1 heterocycles. The topological polar surface area (TPSA) is 52.3 Å². The number of thiophene rings is 1. The van der Waals surface area contributed by atoms with Crippen LogP contribution in [-0.2, 0) is 11.2 Å². The molecule has 1 aromatic rings. The summed E-state index contributed by atoms with van der Waals surface area (Å²) >= 11 is 1.51. The second kappa shape index (κ2) is 8.97. The van der Waals surface area contributed by atoms with Crippen LogP contribution in [0.15, 0.2) is 6.07 Å². The minimum atomic E-state index is -0.301. The molecular weight excluding hydrogens is 258 g/mol. The number of anilines is 1. The quantitative estimate of drug-likeness (QED) is 0.539. The Balaban J connectivity index is 2.35. The fraction of sp³-hybridized carbons (Fsp3) is 0.667. The third-order valence-electron chi connectivity index (χ3n) is 3.08. The zero-order valence-corrected chi connectivity index (χ0v) is 12.9. The second-order valence-electron chi connectivity index (χ2n) is 4.73. The highest BCUT2D eigenvalue weighted by Gasteiger charge is 2.14. The molecule has 0 fully saturated rings. The summed E-state index contributed by atoms with van der Waals surface area (Å²) in [5.74, 6) is -0.301. The minimum absolute atomic E-state index is 0.301. The third kappa shape index (κ3) is 5.64.